The minimum absolute atomic E-state index is 0.612. The molecule has 0 bridgehead atoms. The number of fused-ring (bicyclic) bond motifs is 6. The third kappa shape index (κ3) is 5.83. The summed E-state index contributed by atoms with van der Waals surface area (Å²) in [7, 11) is 0. The van der Waals surface area contributed by atoms with Crippen molar-refractivity contribution in [3.8, 4) is 44.8 Å². The maximum Gasteiger partial charge on any atom is 0.227 e. The van der Waals surface area contributed by atoms with Crippen molar-refractivity contribution in [2.75, 3.05) is 4.90 Å². The zero-order valence-electron chi connectivity index (χ0n) is 30.8. The third-order valence-corrected chi connectivity index (χ3v) is 10.9. The molecule has 0 radical (unpaired) electrons. The van der Waals surface area contributed by atoms with Gasteiger partial charge in [0.15, 0.2) is 5.58 Å². The van der Waals surface area contributed by atoms with Crippen LogP contribution in [0.2, 0.25) is 0 Å². The molecule has 9 aromatic carbocycles. The lowest BCUT2D eigenvalue weighted by atomic mass is 9.95. The molecule has 4 nitrogen and oxygen atoms in total. The number of hydrogen-bond donors (Lipinski definition) is 0. The Morgan fingerprint density at radius 2 is 0.912 bits per heavy atom. The van der Waals surface area contributed by atoms with Crippen LogP contribution in [0.25, 0.3) is 88.6 Å². The first-order valence-electron chi connectivity index (χ1n) is 19.2. The van der Waals surface area contributed by atoms with Crippen LogP contribution in [0.1, 0.15) is 0 Å². The summed E-state index contributed by atoms with van der Waals surface area (Å²) in [5.41, 5.74) is 14.1. The number of para-hydroxylation sites is 1. The van der Waals surface area contributed by atoms with Crippen molar-refractivity contribution < 1.29 is 8.83 Å². The molecular formula is C53H34N2O2. The Labute approximate surface area is 329 Å². The van der Waals surface area contributed by atoms with Gasteiger partial charge in [0, 0.05) is 39.0 Å². The summed E-state index contributed by atoms with van der Waals surface area (Å²) >= 11 is 0. The van der Waals surface area contributed by atoms with E-state index in [9.17, 15) is 0 Å². The molecule has 11 rings (SSSR count). The smallest absolute Gasteiger partial charge is 0.227 e. The fourth-order valence-corrected chi connectivity index (χ4v) is 8.08. The van der Waals surface area contributed by atoms with E-state index in [0.717, 1.165) is 88.7 Å². The molecule has 0 aliphatic rings. The first-order chi connectivity index (χ1) is 28.2. The number of aromatic nitrogens is 1. The molecule has 11 aromatic rings. The number of rotatable bonds is 7. The average Bonchev–Trinajstić information content (AvgIpc) is 3.90. The number of benzene rings is 9. The molecule has 2 aromatic heterocycles. The highest BCUT2D eigenvalue weighted by Gasteiger charge is 2.19. The van der Waals surface area contributed by atoms with E-state index in [-0.39, 0.29) is 0 Å². The Bertz CT molecular complexity index is 3200. The van der Waals surface area contributed by atoms with Crippen LogP contribution < -0.4 is 4.90 Å². The molecule has 2 heterocycles. The zero-order valence-corrected chi connectivity index (χ0v) is 30.8. The van der Waals surface area contributed by atoms with Crippen molar-refractivity contribution in [3.63, 3.8) is 0 Å². The topological polar surface area (TPSA) is 42.4 Å². The van der Waals surface area contributed by atoms with Gasteiger partial charge in [0.05, 0.1) is 0 Å². The molecule has 0 saturated carbocycles. The second-order valence-electron chi connectivity index (χ2n) is 14.4. The molecular weight excluding hydrogens is 697 g/mol. The van der Waals surface area contributed by atoms with Gasteiger partial charge in [-0.3, -0.25) is 0 Å². The van der Waals surface area contributed by atoms with E-state index in [4.69, 9.17) is 13.8 Å². The summed E-state index contributed by atoms with van der Waals surface area (Å²) in [6.07, 6.45) is 0. The highest BCUT2D eigenvalue weighted by molar-refractivity contribution is 6.23. The van der Waals surface area contributed by atoms with Crippen LogP contribution in [-0.4, -0.2) is 4.98 Å². The highest BCUT2D eigenvalue weighted by Crippen LogP contribution is 2.43. The van der Waals surface area contributed by atoms with E-state index in [1.807, 2.05) is 36.4 Å². The summed E-state index contributed by atoms with van der Waals surface area (Å²) in [5.74, 6) is 0.612. The molecule has 0 N–H and O–H groups in total. The molecule has 0 spiro atoms. The van der Waals surface area contributed by atoms with Gasteiger partial charge in [-0.25, -0.2) is 4.98 Å². The maximum absolute atomic E-state index is 6.86. The highest BCUT2D eigenvalue weighted by atomic mass is 16.3. The van der Waals surface area contributed by atoms with E-state index in [0.29, 0.717) is 5.89 Å². The van der Waals surface area contributed by atoms with Crippen LogP contribution in [-0.2, 0) is 0 Å². The van der Waals surface area contributed by atoms with Crippen LogP contribution in [0.4, 0.5) is 17.1 Å². The predicted molar refractivity (Wildman–Crippen MR) is 235 cm³/mol. The standard InChI is InChI=1S/C53H34N2O2/c1-4-12-35(13-5-1)36-20-26-43(27-21-36)55(42-17-8-3-9-18-42)44-28-22-37(23-29-44)39-24-30-46-49(33-39)56-52-47(32-40-16-10-11-19-45(40)51(46)52)41-25-31-48-50(34-41)57-53(54-48)38-14-6-2-7-15-38/h1-34H. The third-order valence-electron chi connectivity index (χ3n) is 10.9. The lowest BCUT2D eigenvalue weighted by Crippen LogP contribution is -2.09. The van der Waals surface area contributed by atoms with Crippen molar-refractivity contribution in [3.05, 3.63) is 206 Å². The number of oxazole rings is 1. The molecule has 0 atom stereocenters. The Morgan fingerprint density at radius 1 is 0.368 bits per heavy atom. The summed E-state index contributed by atoms with van der Waals surface area (Å²) in [6, 6.07) is 72.2. The second kappa shape index (κ2) is 13.6. The summed E-state index contributed by atoms with van der Waals surface area (Å²) in [5, 5.41) is 4.52. The minimum Gasteiger partial charge on any atom is -0.455 e. The normalized spacial score (nSPS) is 11.5. The van der Waals surface area contributed by atoms with Gasteiger partial charge >= 0.3 is 0 Å². The van der Waals surface area contributed by atoms with Crippen LogP contribution >= 0.6 is 0 Å². The molecule has 4 heteroatoms. The fraction of sp³-hybridized carbons (Fsp3) is 0. The van der Waals surface area contributed by atoms with E-state index < -0.39 is 0 Å². The monoisotopic (exact) mass is 730 g/mol. The average molecular weight is 731 g/mol. The molecule has 0 saturated heterocycles. The summed E-state index contributed by atoms with van der Waals surface area (Å²) < 4.78 is 13.1. The Kier molecular flexibility index (Phi) is 7.78. The lowest BCUT2D eigenvalue weighted by molar-refractivity contribution is 0.620. The van der Waals surface area contributed by atoms with Gasteiger partial charge in [-0.05, 0) is 117 Å². The predicted octanol–water partition coefficient (Wildman–Crippen LogP) is 15.0. The Morgan fingerprint density at radius 3 is 1.63 bits per heavy atom. The van der Waals surface area contributed by atoms with Gasteiger partial charge in [-0.2, -0.15) is 0 Å². The molecule has 0 aliphatic heterocycles. The maximum atomic E-state index is 6.86. The van der Waals surface area contributed by atoms with E-state index >= 15 is 0 Å². The summed E-state index contributed by atoms with van der Waals surface area (Å²) in [4.78, 5) is 7.07. The number of furan rings is 1. The Balaban J connectivity index is 0.976. The molecule has 268 valence electrons. The van der Waals surface area contributed by atoms with Crippen molar-refractivity contribution in [1.29, 1.82) is 0 Å². The number of nitrogens with zero attached hydrogens (tertiary/aromatic N) is 2. The van der Waals surface area contributed by atoms with Crippen LogP contribution in [0.5, 0.6) is 0 Å². The van der Waals surface area contributed by atoms with Gasteiger partial charge in [0.25, 0.3) is 0 Å². The first-order valence-corrected chi connectivity index (χ1v) is 19.2. The number of hydrogen-bond acceptors (Lipinski definition) is 4. The number of anilines is 3. The van der Waals surface area contributed by atoms with Gasteiger partial charge in [0.2, 0.25) is 5.89 Å². The molecule has 0 amide bonds. The van der Waals surface area contributed by atoms with Gasteiger partial charge in [-0.15, -0.1) is 0 Å². The zero-order chi connectivity index (χ0) is 37.7. The van der Waals surface area contributed by atoms with Gasteiger partial charge in [-0.1, -0.05) is 127 Å². The van der Waals surface area contributed by atoms with Crippen molar-refractivity contribution >= 4 is 60.9 Å². The van der Waals surface area contributed by atoms with Crippen LogP contribution in [0, 0.1) is 0 Å². The molecule has 0 fully saturated rings. The lowest BCUT2D eigenvalue weighted by Gasteiger charge is -2.26. The van der Waals surface area contributed by atoms with E-state index in [2.05, 4.69) is 175 Å². The first kappa shape index (κ1) is 32.7. The van der Waals surface area contributed by atoms with Gasteiger partial charge in [0.1, 0.15) is 16.7 Å². The quantitative estimate of drug-likeness (QED) is 0.164. The van der Waals surface area contributed by atoms with Crippen LogP contribution in [0.15, 0.2) is 215 Å². The largest absolute Gasteiger partial charge is 0.455 e. The van der Waals surface area contributed by atoms with E-state index in [1.54, 1.807) is 0 Å². The van der Waals surface area contributed by atoms with Crippen molar-refractivity contribution in [1.82, 2.24) is 4.98 Å². The molecule has 0 aliphatic carbocycles. The van der Waals surface area contributed by atoms with Gasteiger partial charge < -0.3 is 13.7 Å². The SMILES string of the molecule is c1ccc(-c2ccc(N(c3ccccc3)c3ccc(-c4ccc5c(c4)oc4c(-c6ccc7nc(-c8ccccc8)oc7c6)cc6ccccc6c45)cc3)cc2)cc1. The molecule has 0 unspecified atom stereocenters. The van der Waals surface area contributed by atoms with Crippen LogP contribution in [0.3, 0.4) is 0 Å². The second-order valence-corrected chi connectivity index (χ2v) is 14.4. The van der Waals surface area contributed by atoms with Crippen molar-refractivity contribution in [2.45, 2.75) is 0 Å². The van der Waals surface area contributed by atoms with Crippen molar-refractivity contribution in [2.24, 2.45) is 0 Å². The Hall–Kier alpha value is -7.69. The summed E-state index contributed by atoms with van der Waals surface area (Å²) in [6.45, 7) is 0. The minimum atomic E-state index is 0.612. The van der Waals surface area contributed by atoms with E-state index in [1.165, 1.54) is 11.1 Å². The fourth-order valence-electron chi connectivity index (χ4n) is 8.08. The molecule has 57 heavy (non-hydrogen) atoms.